The number of nitrogens with zero attached hydrogens (tertiary/aromatic N) is 3. The molecule has 1 aromatic carbocycles. The molecule has 2 aliphatic rings. The van der Waals surface area contributed by atoms with E-state index in [0.717, 1.165) is 6.07 Å². The lowest BCUT2D eigenvalue weighted by molar-refractivity contribution is -0.344. The Balaban J connectivity index is 1.18. The third-order valence-electron chi connectivity index (χ3n) is 4.89. The number of ether oxygens (including phenoxy) is 4. The summed E-state index contributed by atoms with van der Waals surface area (Å²) in [5.41, 5.74) is -0.340. The van der Waals surface area contributed by atoms with Gasteiger partial charge in [0, 0.05) is 5.56 Å². The summed E-state index contributed by atoms with van der Waals surface area (Å²) in [6.45, 7) is -0.451. The van der Waals surface area contributed by atoms with Crippen molar-refractivity contribution >= 4 is 23.5 Å². The molecular formula is C19H18ClF5N4O6. The van der Waals surface area contributed by atoms with Crippen molar-refractivity contribution in [2.75, 3.05) is 37.8 Å². The number of halogens is 6. The quantitative estimate of drug-likeness (QED) is 0.517. The molecule has 0 saturated carbocycles. The Kier molecular flexibility index (Phi) is 7.59. The molecule has 0 atom stereocenters. The van der Waals surface area contributed by atoms with Crippen molar-refractivity contribution in [3.8, 4) is 5.75 Å². The Hall–Kier alpha value is -2.75. The number of benzene rings is 1. The van der Waals surface area contributed by atoms with E-state index in [2.05, 4.69) is 20.3 Å². The number of nitrogens with one attached hydrogen (secondary N) is 1. The van der Waals surface area contributed by atoms with Crippen LogP contribution in [0.3, 0.4) is 0 Å². The smallest absolute Gasteiger partial charge is 0.484 e. The van der Waals surface area contributed by atoms with Crippen molar-refractivity contribution in [2.24, 2.45) is 0 Å². The van der Waals surface area contributed by atoms with E-state index in [1.165, 1.54) is 17.0 Å². The molecule has 2 aromatic rings. The first-order chi connectivity index (χ1) is 16.6. The van der Waals surface area contributed by atoms with Crippen molar-refractivity contribution in [1.82, 2.24) is 15.5 Å². The lowest BCUT2D eigenvalue weighted by Gasteiger charge is -2.37. The number of alkyl halides is 5. The molecule has 0 spiro atoms. The fraction of sp³-hybridized carbons (Fsp3) is 0.526. The summed E-state index contributed by atoms with van der Waals surface area (Å²) in [7, 11) is 0. The summed E-state index contributed by atoms with van der Waals surface area (Å²) in [4.78, 5) is 13.5. The van der Waals surface area contributed by atoms with Crippen molar-refractivity contribution in [1.29, 1.82) is 0 Å². The van der Waals surface area contributed by atoms with E-state index in [-0.39, 0.29) is 54.5 Å². The fourth-order valence-corrected chi connectivity index (χ4v) is 3.48. The number of carbonyl (C=O) groups is 1. The molecule has 2 fully saturated rings. The van der Waals surface area contributed by atoms with E-state index >= 15 is 0 Å². The molecule has 0 radical (unpaired) electrons. The van der Waals surface area contributed by atoms with Crippen LogP contribution in [0.15, 0.2) is 22.6 Å². The van der Waals surface area contributed by atoms with Gasteiger partial charge in [-0.1, -0.05) is 16.7 Å². The predicted octanol–water partition coefficient (Wildman–Crippen LogP) is 2.99. The van der Waals surface area contributed by atoms with Crippen molar-refractivity contribution in [2.45, 2.75) is 31.2 Å². The number of amides is 1. The molecule has 1 aromatic heterocycles. The van der Waals surface area contributed by atoms with Gasteiger partial charge in [-0.3, -0.25) is 9.53 Å². The maximum atomic E-state index is 12.7. The monoisotopic (exact) mass is 528 g/mol. The van der Waals surface area contributed by atoms with Crippen LogP contribution in [0.1, 0.15) is 24.2 Å². The Morgan fingerprint density at radius 3 is 2.57 bits per heavy atom. The van der Waals surface area contributed by atoms with Gasteiger partial charge < -0.3 is 28.8 Å². The molecule has 0 aliphatic carbocycles. The first kappa shape index (κ1) is 25.3. The highest BCUT2D eigenvalue weighted by Gasteiger charge is 2.41. The van der Waals surface area contributed by atoms with Crippen LogP contribution in [0.25, 0.3) is 0 Å². The second kappa shape index (κ2) is 10.5. The zero-order chi connectivity index (χ0) is 25.2. The second-order valence-electron chi connectivity index (χ2n) is 7.55. The van der Waals surface area contributed by atoms with Gasteiger partial charge in [-0.15, -0.1) is 18.3 Å². The van der Waals surface area contributed by atoms with Gasteiger partial charge in [-0.2, -0.15) is 0 Å². The average Bonchev–Trinajstić information content (AvgIpc) is 3.24. The lowest BCUT2D eigenvalue weighted by Crippen LogP contribution is -2.54. The largest absolute Gasteiger partial charge is 0.522 e. The van der Waals surface area contributed by atoms with Crippen LogP contribution in [-0.2, 0) is 19.0 Å². The van der Waals surface area contributed by atoms with E-state index in [1.807, 2.05) is 0 Å². The maximum Gasteiger partial charge on any atom is 0.522 e. The average molecular weight is 529 g/mol. The molecule has 1 N–H and O–H groups in total. The van der Waals surface area contributed by atoms with Gasteiger partial charge in [-0.05, 0) is 18.2 Å². The number of rotatable bonds is 8. The maximum absolute atomic E-state index is 12.7. The highest BCUT2D eigenvalue weighted by Crippen LogP contribution is 2.31. The van der Waals surface area contributed by atoms with Crippen molar-refractivity contribution in [3.63, 3.8) is 0 Å². The van der Waals surface area contributed by atoms with Crippen LogP contribution in [0, 0.1) is 0 Å². The molecule has 4 rings (SSSR count). The topological polar surface area (TPSA) is 108 Å². The molecule has 10 nitrogen and oxygen atoms in total. The molecule has 0 bridgehead atoms. The first-order valence-corrected chi connectivity index (χ1v) is 10.5. The van der Waals surface area contributed by atoms with Gasteiger partial charge in [0.05, 0.1) is 37.4 Å². The summed E-state index contributed by atoms with van der Waals surface area (Å²) in [5.74, 6) is -0.392. The Morgan fingerprint density at radius 2 is 1.94 bits per heavy atom. The minimum atomic E-state index is -4.71. The number of anilines is 1. The Morgan fingerprint density at radius 1 is 1.23 bits per heavy atom. The zero-order valence-electron chi connectivity index (χ0n) is 17.6. The molecule has 192 valence electrons. The van der Waals surface area contributed by atoms with E-state index < -0.39 is 43.7 Å². The van der Waals surface area contributed by atoms with Crippen LogP contribution in [0.4, 0.5) is 28.0 Å². The fourth-order valence-electron chi connectivity index (χ4n) is 3.23. The Labute approximate surface area is 199 Å². The molecule has 35 heavy (non-hydrogen) atoms. The minimum Gasteiger partial charge on any atom is -0.484 e. The van der Waals surface area contributed by atoms with Crippen LogP contribution >= 0.6 is 11.6 Å². The van der Waals surface area contributed by atoms with E-state index in [9.17, 15) is 26.7 Å². The summed E-state index contributed by atoms with van der Waals surface area (Å²) >= 11 is 5.76. The predicted molar refractivity (Wildman–Crippen MR) is 106 cm³/mol. The summed E-state index contributed by atoms with van der Waals surface area (Å²) < 4.78 is 87.5. The van der Waals surface area contributed by atoms with Gasteiger partial charge in [0.1, 0.15) is 11.9 Å². The van der Waals surface area contributed by atoms with Crippen LogP contribution < -0.4 is 15.0 Å². The van der Waals surface area contributed by atoms with Gasteiger partial charge in [0.2, 0.25) is 6.29 Å². The molecule has 1 amide bonds. The number of carbonyl (C=O) groups excluding carboxylic acids is 1. The Bertz CT molecular complexity index is 1030. The van der Waals surface area contributed by atoms with E-state index in [4.69, 9.17) is 30.2 Å². The SMILES string of the molecule is O=C(COc1ccc(C(F)F)c(Cl)c1)N[C@H]1CO[C@H](c2nnc(N3CC(OC(F)(F)F)C3)o2)OC1. The van der Waals surface area contributed by atoms with Gasteiger partial charge >= 0.3 is 12.4 Å². The van der Waals surface area contributed by atoms with Gasteiger partial charge in [-0.25, -0.2) is 8.78 Å². The van der Waals surface area contributed by atoms with Crippen LogP contribution in [0.5, 0.6) is 5.75 Å². The second-order valence-corrected chi connectivity index (χ2v) is 7.96. The standard InChI is InChI=1S/C19H18ClF5N4O6/c20-13-3-10(1-2-12(13)15(21)22)31-8-14(30)26-9-6-32-17(33-7-9)16-27-28-18(34-16)29-4-11(5-29)35-19(23,24)25/h1-3,9,11,15,17H,4-8H2,(H,26,30)/t9-,17-. The molecule has 2 aliphatic heterocycles. The van der Waals surface area contributed by atoms with Crippen LogP contribution in [0.2, 0.25) is 5.02 Å². The van der Waals surface area contributed by atoms with Crippen LogP contribution in [-0.4, -0.2) is 67.5 Å². The van der Waals surface area contributed by atoms with E-state index in [1.54, 1.807) is 0 Å². The zero-order valence-corrected chi connectivity index (χ0v) is 18.4. The summed E-state index contributed by atoms with van der Waals surface area (Å²) in [6, 6.07) is 3.06. The number of hydrogen-bond donors (Lipinski definition) is 1. The van der Waals surface area contributed by atoms with Gasteiger partial charge in [0.15, 0.2) is 6.61 Å². The number of hydrogen-bond acceptors (Lipinski definition) is 9. The third-order valence-corrected chi connectivity index (χ3v) is 5.22. The molecule has 16 heteroatoms. The van der Waals surface area contributed by atoms with E-state index in [0.29, 0.717) is 0 Å². The molecule has 3 heterocycles. The first-order valence-electron chi connectivity index (χ1n) is 10.1. The molecule has 0 unspecified atom stereocenters. The normalized spacial score (nSPS) is 21.2. The highest BCUT2D eigenvalue weighted by atomic mass is 35.5. The van der Waals surface area contributed by atoms with Gasteiger partial charge in [0.25, 0.3) is 18.2 Å². The number of aromatic nitrogens is 2. The minimum absolute atomic E-state index is 0.00323. The summed E-state index contributed by atoms with van der Waals surface area (Å²) in [6.07, 6.45) is -9.47. The lowest BCUT2D eigenvalue weighted by atomic mass is 10.2. The molecular weight excluding hydrogens is 511 g/mol. The third kappa shape index (κ3) is 6.68. The highest BCUT2D eigenvalue weighted by molar-refractivity contribution is 6.31. The molecule has 2 saturated heterocycles. The van der Waals surface area contributed by atoms with Crippen molar-refractivity contribution in [3.05, 3.63) is 34.7 Å². The van der Waals surface area contributed by atoms with Crippen molar-refractivity contribution < 1.29 is 50.1 Å². The summed E-state index contributed by atoms with van der Waals surface area (Å²) in [5, 5.41) is 9.99.